The van der Waals surface area contributed by atoms with E-state index in [0.29, 0.717) is 0 Å². The predicted octanol–water partition coefficient (Wildman–Crippen LogP) is -1.16. The van der Waals surface area contributed by atoms with Gasteiger partial charge in [0.25, 0.3) is 11.8 Å². The van der Waals surface area contributed by atoms with E-state index in [4.69, 9.17) is 51.0 Å². The Hall–Kier alpha value is -3.01. The molecule has 2 aliphatic heterocycles. The van der Waals surface area contributed by atoms with Crippen LogP contribution in [0.15, 0.2) is 30.3 Å². The van der Waals surface area contributed by atoms with E-state index in [-0.39, 0.29) is 56.8 Å². The second-order valence-electron chi connectivity index (χ2n) is 8.77. The number of fused-ring (bicyclic) bond motifs is 1. The first-order valence-electron chi connectivity index (χ1n) is 10.8. The van der Waals surface area contributed by atoms with E-state index in [0.717, 1.165) is 12.1 Å². The van der Waals surface area contributed by atoms with Gasteiger partial charge in [-0.05, 0) is 35.0 Å². The first-order chi connectivity index (χ1) is 17.2. The van der Waals surface area contributed by atoms with Gasteiger partial charge < -0.3 is 9.71 Å². The molecule has 176 valence electrons. The maximum absolute atomic E-state index is 15.0. The van der Waals surface area contributed by atoms with Crippen molar-refractivity contribution >= 4 is 85.5 Å². The largest absolute Gasteiger partial charge is 0.398 e. The van der Waals surface area contributed by atoms with Crippen LogP contribution < -0.4 is 16.2 Å². The van der Waals surface area contributed by atoms with E-state index in [1.165, 1.54) is 23.1 Å². The first kappa shape index (κ1) is 27.0. The molecule has 7 nitrogen and oxygen atoms in total. The molecule has 1 unspecified atom stereocenters. The number of imide groups is 1. The van der Waals surface area contributed by atoms with Crippen LogP contribution in [0.1, 0.15) is 39.9 Å². The van der Waals surface area contributed by atoms with Gasteiger partial charge in [0.15, 0.2) is 0 Å². The van der Waals surface area contributed by atoms with Crippen LogP contribution in [0.2, 0.25) is 5.02 Å². The zero-order valence-corrected chi connectivity index (χ0v) is 19.9. The second kappa shape index (κ2) is 9.38. The van der Waals surface area contributed by atoms with Gasteiger partial charge in [0.1, 0.15) is 21.7 Å². The third-order valence-corrected chi connectivity index (χ3v) is 6.67. The number of carbonyl (C=O) groups is 4. The van der Waals surface area contributed by atoms with E-state index in [1.54, 1.807) is 0 Å². The Morgan fingerprint density at radius 1 is 1.11 bits per heavy atom. The number of halogens is 3. The molecular formula is C22H13B5ClF2N3O4. The lowest BCUT2D eigenvalue weighted by Gasteiger charge is -2.42. The molecule has 1 fully saturated rings. The Morgan fingerprint density at radius 3 is 2.32 bits per heavy atom. The quantitative estimate of drug-likeness (QED) is 0.406. The van der Waals surface area contributed by atoms with Gasteiger partial charge in [0, 0.05) is 29.1 Å². The van der Waals surface area contributed by atoms with Crippen LogP contribution in [0.25, 0.3) is 0 Å². The summed E-state index contributed by atoms with van der Waals surface area (Å²) in [6.07, 6.45) is 0.120. The zero-order chi connectivity index (χ0) is 27.4. The van der Waals surface area contributed by atoms with Gasteiger partial charge in [0.2, 0.25) is 19.8 Å². The lowest BCUT2D eigenvalue weighted by molar-refractivity contribution is -0.155. The fourth-order valence-corrected chi connectivity index (χ4v) is 4.47. The molecule has 4 amide bonds. The summed E-state index contributed by atoms with van der Waals surface area (Å²) in [5.41, 5.74) is -1.47. The number of rotatable bonds is 5. The molecule has 0 aromatic heterocycles. The van der Waals surface area contributed by atoms with Crippen molar-refractivity contribution in [1.82, 2.24) is 15.0 Å². The van der Waals surface area contributed by atoms with Crippen LogP contribution in [0.3, 0.4) is 0 Å². The molecule has 15 heteroatoms. The average molecular weight is 511 g/mol. The van der Waals surface area contributed by atoms with Gasteiger partial charge in [0.05, 0.1) is 15.7 Å². The SMILES string of the molecule is [B]c1c(C([B])([B])N([B])C(=O)C(F)(F)c2ccc(Cl)cc2)cc2c(c1[B])C(=O)N(C1CCC(=O)NC1=O)C2. The van der Waals surface area contributed by atoms with Crippen LogP contribution in [0.4, 0.5) is 8.78 Å². The second-order valence-corrected chi connectivity index (χ2v) is 9.20. The van der Waals surface area contributed by atoms with E-state index in [9.17, 15) is 28.0 Å². The minimum absolute atomic E-state index is 0.0280. The predicted molar refractivity (Wildman–Crippen MR) is 134 cm³/mol. The highest BCUT2D eigenvalue weighted by atomic mass is 35.5. The summed E-state index contributed by atoms with van der Waals surface area (Å²) in [5.74, 6) is -7.83. The number of amides is 4. The molecule has 2 heterocycles. The highest BCUT2D eigenvalue weighted by Gasteiger charge is 2.47. The van der Waals surface area contributed by atoms with Crippen LogP contribution >= 0.6 is 11.6 Å². The van der Waals surface area contributed by atoms with Crippen molar-refractivity contribution in [2.45, 2.75) is 36.7 Å². The summed E-state index contributed by atoms with van der Waals surface area (Å²) in [4.78, 5) is 50.7. The van der Waals surface area contributed by atoms with E-state index in [1.807, 2.05) is 0 Å². The Kier molecular flexibility index (Phi) is 6.86. The molecule has 1 saturated heterocycles. The van der Waals surface area contributed by atoms with Crippen molar-refractivity contribution in [3.63, 3.8) is 0 Å². The molecule has 4 rings (SSSR count). The fourth-order valence-electron chi connectivity index (χ4n) is 4.35. The standard InChI is InChI=1S/C22H13B5ClF2N3O4/c23-16-12(22(25,26)33(27)20(37)21(29,30)10-1-3-11(28)4-2-10)7-9-8-32(19(36)15(9)17(16)24)13-5-6-14(34)31-18(13)35/h1-4,7,13H,5-6,8H2,(H,31,34,35). The Balaban J connectivity index is 1.67. The van der Waals surface area contributed by atoms with Gasteiger partial charge in [-0.1, -0.05) is 40.7 Å². The van der Waals surface area contributed by atoms with Gasteiger partial charge in [-0.15, -0.1) is 0 Å². The topological polar surface area (TPSA) is 86.8 Å². The average Bonchev–Trinajstić information content (AvgIpc) is 3.16. The molecule has 10 radical (unpaired) electrons. The summed E-state index contributed by atoms with van der Waals surface area (Å²) in [6.45, 7) is -0.145. The van der Waals surface area contributed by atoms with E-state index < -0.39 is 46.5 Å². The fraction of sp³-hybridized carbons (Fsp3) is 0.273. The Labute approximate surface area is 222 Å². The van der Waals surface area contributed by atoms with Crippen LogP contribution in [0, 0.1) is 0 Å². The molecule has 0 aliphatic carbocycles. The number of carbonyl (C=O) groups excluding carboxylic acids is 4. The summed E-state index contributed by atoms with van der Waals surface area (Å²) in [6, 6.07) is 4.49. The lowest BCUT2D eigenvalue weighted by atomic mass is 9.52. The van der Waals surface area contributed by atoms with Gasteiger partial charge in [-0.3, -0.25) is 24.5 Å². The number of nitrogens with one attached hydrogen (secondary N) is 1. The highest BCUT2D eigenvalue weighted by Crippen LogP contribution is 2.35. The first-order valence-corrected chi connectivity index (χ1v) is 11.2. The van der Waals surface area contributed by atoms with Crippen molar-refractivity contribution in [2.24, 2.45) is 0 Å². The van der Waals surface area contributed by atoms with Crippen molar-refractivity contribution in [2.75, 3.05) is 0 Å². The van der Waals surface area contributed by atoms with Crippen molar-refractivity contribution in [1.29, 1.82) is 0 Å². The minimum Gasteiger partial charge on any atom is -0.398 e. The molecule has 2 aromatic carbocycles. The number of nitrogens with zero attached hydrogens (tertiary/aromatic N) is 2. The van der Waals surface area contributed by atoms with Gasteiger partial charge in [-0.2, -0.15) is 8.78 Å². The normalized spacial score (nSPS) is 18.0. The number of alkyl halides is 2. The Bertz CT molecular complexity index is 1340. The number of benzene rings is 2. The Morgan fingerprint density at radius 2 is 1.73 bits per heavy atom. The molecule has 37 heavy (non-hydrogen) atoms. The molecule has 0 saturated carbocycles. The van der Waals surface area contributed by atoms with Crippen molar-refractivity contribution in [3.05, 3.63) is 57.6 Å². The zero-order valence-electron chi connectivity index (χ0n) is 19.1. The summed E-state index contributed by atoms with van der Waals surface area (Å²) in [5, 5.41) is -0.253. The van der Waals surface area contributed by atoms with Gasteiger partial charge in [-0.25, -0.2) is 0 Å². The van der Waals surface area contributed by atoms with Crippen molar-refractivity contribution in [3.8, 4) is 0 Å². The van der Waals surface area contributed by atoms with E-state index >= 15 is 0 Å². The number of hydrogen-bond donors (Lipinski definition) is 1. The van der Waals surface area contributed by atoms with Gasteiger partial charge >= 0.3 is 5.92 Å². The van der Waals surface area contributed by atoms with Crippen LogP contribution in [0.5, 0.6) is 0 Å². The third-order valence-electron chi connectivity index (χ3n) is 6.42. The number of hydrogen-bond acceptors (Lipinski definition) is 4. The monoisotopic (exact) mass is 511 g/mol. The molecule has 1 atom stereocenters. The van der Waals surface area contributed by atoms with Crippen LogP contribution in [-0.4, -0.2) is 78.7 Å². The number of piperidine rings is 1. The summed E-state index contributed by atoms with van der Waals surface area (Å²) < 4.78 is 29.9. The highest BCUT2D eigenvalue weighted by molar-refractivity contribution is 6.54. The minimum atomic E-state index is -4.14. The molecule has 0 spiro atoms. The summed E-state index contributed by atoms with van der Waals surface area (Å²) >= 11 is 5.72. The van der Waals surface area contributed by atoms with Crippen LogP contribution in [-0.2, 0) is 32.2 Å². The summed E-state index contributed by atoms with van der Waals surface area (Å²) in [7, 11) is 30.0. The lowest BCUT2D eigenvalue weighted by Crippen LogP contribution is -2.56. The maximum Gasteiger partial charge on any atom is 0.348 e. The maximum atomic E-state index is 15.0. The molecule has 1 N–H and O–H groups in total. The third kappa shape index (κ3) is 4.49. The van der Waals surface area contributed by atoms with Crippen molar-refractivity contribution < 1.29 is 28.0 Å². The molecular weight excluding hydrogens is 498 g/mol. The molecule has 2 aliphatic rings. The molecule has 0 bridgehead atoms. The smallest absolute Gasteiger partial charge is 0.348 e. The molecule has 2 aromatic rings. The van der Waals surface area contributed by atoms with E-state index in [2.05, 4.69) is 5.32 Å².